The van der Waals surface area contributed by atoms with Crippen LogP contribution in [0.3, 0.4) is 0 Å². The number of rotatable bonds is 4. The summed E-state index contributed by atoms with van der Waals surface area (Å²) >= 11 is 3.35. The monoisotopic (exact) mass is 243 g/mol. The van der Waals surface area contributed by atoms with E-state index in [2.05, 4.69) is 21.2 Å². The number of aliphatic hydroxyl groups excluding tert-OH is 1. The van der Waals surface area contributed by atoms with Crippen molar-refractivity contribution in [3.8, 4) is 0 Å². The summed E-state index contributed by atoms with van der Waals surface area (Å²) in [5, 5.41) is 12.7. The molecule has 0 aliphatic rings. The lowest BCUT2D eigenvalue weighted by molar-refractivity contribution is 0.167. The number of nitrogens with one attached hydrogen (secondary N) is 1. The maximum absolute atomic E-state index is 9.69. The molecule has 1 atom stereocenters. The lowest BCUT2D eigenvalue weighted by Gasteiger charge is -2.10. The van der Waals surface area contributed by atoms with Gasteiger partial charge in [-0.15, -0.1) is 0 Å². The van der Waals surface area contributed by atoms with Gasteiger partial charge in [0.15, 0.2) is 0 Å². The molecule has 0 amide bonds. The fraction of sp³-hybridized carbons (Fsp3) is 0.400. The molecule has 1 rings (SSSR count). The zero-order valence-electron chi connectivity index (χ0n) is 7.63. The van der Waals surface area contributed by atoms with Gasteiger partial charge in [0.05, 0.1) is 6.10 Å². The first-order valence-electron chi connectivity index (χ1n) is 4.32. The molecule has 1 aromatic carbocycles. The van der Waals surface area contributed by atoms with Crippen molar-refractivity contribution in [2.75, 3.05) is 13.6 Å². The molecule has 2 N–H and O–H groups in total. The van der Waals surface area contributed by atoms with Gasteiger partial charge >= 0.3 is 0 Å². The minimum atomic E-state index is -0.361. The Morgan fingerprint density at radius 1 is 1.38 bits per heavy atom. The van der Waals surface area contributed by atoms with Gasteiger partial charge in [0.2, 0.25) is 0 Å². The van der Waals surface area contributed by atoms with E-state index in [0.717, 1.165) is 23.0 Å². The minimum Gasteiger partial charge on any atom is -0.388 e. The minimum absolute atomic E-state index is 0.361. The predicted molar refractivity (Wildman–Crippen MR) is 57.6 cm³/mol. The molecule has 0 unspecified atom stereocenters. The summed E-state index contributed by atoms with van der Waals surface area (Å²) in [6, 6.07) is 7.75. The number of halogens is 1. The van der Waals surface area contributed by atoms with Crippen molar-refractivity contribution in [2.45, 2.75) is 12.5 Å². The maximum Gasteiger partial charge on any atom is 0.0802 e. The number of benzene rings is 1. The molecule has 13 heavy (non-hydrogen) atoms. The number of hydrogen-bond acceptors (Lipinski definition) is 2. The lowest BCUT2D eigenvalue weighted by Crippen LogP contribution is -2.11. The Morgan fingerprint density at radius 3 is 2.54 bits per heavy atom. The Bertz CT molecular complexity index is 248. The molecule has 0 aliphatic carbocycles. The van der Waals surface area contributed by atoms with Gasteiger partial charge in [0, 0.05) is 4.47 Å². The predicted octanol–water partition coefficient (Wildman–Crippen LogP) is 2.09. The van der Waals surface area contributed by atoms with Gasteiger partial charge in [-0.25, -0.2) is 0 Å². The molecule has 2 nitrogen and oxygen atoms in total. The summed E-state index contributed by atoms with van der Waals surface area (Å²) in [6.07, 6.45) is 0.388. The maximum atomic E-state index is 9.69. The van der Waals surface area contributed by atoms with Crippen molar-refractivity contribution in [3.63, 3.8) is 0 Å². The fourth-order valence-electron chi connectivity index (χ4n) is 1.13. The van der Waals surface area contributed by atoms with E-state index >= 15 is 0 Å². The highest BCUT2D eigenvalue weighted by Gasteiger charge is 2.05. The van der Waals surface area contributed by atoms with Crippen molar-refractivity contribution in [3.05, 3.63) is 34.3 Å². The van der Waals surface area contributed by atoms with Crippen LogP contribution in [0.2, 0.25) is 0 Å². The second-order valence-electron chi connectivity index (χ2n) is 2.96. The van der Waals surface area contributed by atoms with Crippen LogP contribution in [-0.2, 0) is 0 Å². The molecule has 0 aromatic heterocycles. The molecule has 0 saturated heterocycles. The average Bonchev–Trinajstić information content (AvgIpc) is 2.15. The van der Waals surface area contributed by atoms with E-state index in [9.17, 15) is 5.11 Å². The first kappa shape index (κ1) is 10.7. The summed E-state index contributed by atoms with van der Waals surface area (Å²) in [7, 11) is 1.88. The first-order chi connectivity index (χ1) is 6.24. The molecule has 0 fully saturated rings. The standard InChI is InChI=1S/C10H14BrNO/c1-12-7-6-10(13)8-2-4-9(11)5-3-8/h2-5,10,12-13H,6-7H2,1H3/t10-/m1/s1. The zero-order chi connectivity index (χ0) is 9.68. The topological polar surface area (TPSA) is 32.3 Å². The lowest BCUT2D eigenvalue weighted by atomic mass is 10.1. The Morgan fingerprint density at radius 2 is 2.00 bits per heavy atom. The quantitative estimate of drug-likeness (QED) is 0.850. The number of aliphatic hydroxyl groups is 1. The van der Waals surface area contributed by atoms with Gasteiger partial charge in [0.25, 0.3) is 0 Å². The zero-order valence-corrected chi connectivity index (χ0v) is 9.21. The van der Waals surface area contributed by atoms with Crippen molar-refractivity contribution in [1.29, 1.82) is 0 Å². The smallest absolute Gasteiger partial charge is 0.0802 e. The van der Waals surface area contributed by atoms with E-state index in [1.807, 2.05) is 31.3 Å². The third-order valence-electron chi connectivity index (χ3n) is 1.92. The SMILES string of the molecule is CNCC[C@@H](O)c1ccc(Br)cc1. The van der Waals surface area contributed by atoms with E-state index in [1.165, 1.54) is 0 Å². The summed E-state index contributed by atoms with van der Waals surface area (Å²) in [6.45, 7) is 0.831. The second kappa shape index (κ2) is 5.37. The molecule has 0 aliphatic heterocycles. The third kappa shape index (κ3) is 3.46. The summed E-state index contributed by atoms with van der Waals surface area (Å²) in [5.41, 5.74) is 0.971. The molecule has 0 bridgehead atoms. The van der Waals surface area contributed by atoms with Crippen LogP contribution in [0.25, 0.3) is 0 Å². The Balaban J connectivity index is 2.55. The van der Waals surface area contributed by atoms with Crippen LogP contribution >= 0.6 is 15.9 Å². The Labute approximate surface area is 87.1 Å². The Kier molecular flexibility index (Phi) is 4.42. The van der Waals surface area contributed by atoms with Crippen molar-refractivity contribution in [2.24, 2.45) is 0 Å². The van der Waals surface area contributed by atoms with Crippen molar-refractivity contribution >= 4 is 15.9 Å². The highest BCUT2D eigenvalue weighted by molar-refractivity contribution is 9.10. The van der Waals surface area contributed by atoms with Crippen LogP contribution in [0.4, 0.5) is 0 Å². The number of hydrogen-bond donors (Lipinski definition) is 2. The molecular weight excluding hydrogens is 230 g/mol. The van der Waals surface area contributed by atoms with Crippen molar-refractivity contribution in [1.82, 2.24) is 5.32 Å². The largest absolute Gasteiger partial charge is 0.388 e. The van der Waals surface area contributed by atoms with E-state index < -0.39 is 0 Å². The average molecular weight is 244 g/mol. The van der Waals surface area contributed by atoms with Gasteiger partial charge in [-0.1, -0.05) is 28.1 Å². The molecule has 0 heterocycles. The molecule has 0 spiro atoms. The highest BCUT2D eigenvalue weighted by Crippen LogP contribution is 2.18. The van der Waals surface area contributed by atoms with Gasteiger partial charge in [-0.3, -0.25) is 0 Å². The fourth-order valence-corrected chi connectivity index (χ4v) is 1.40. The summed E-state index contributed by atoms with van der Waals surface area (Å²) in [4.78, 5) is 0. The molecular formula is C10H14BrNO. The van der Waals surface area contributed by atoms with Gasteiger partial charge < -0.3 is 10.4 Å². The normalized spacial score (nSPS) is 12.8. The summed E-state index contributed by atoms with van der Waals surface area (Å²) in [5.74, 6) is 0. The van der Waals surface area contributed by atoms with E-state index in [4.69, 9.17) is 0 Å². The van der Waals surface area contributed by atoms with E-state index in [1.54, 1.807) is 0 Å². The molecule has 1 aromatic rings. The molecule has 72 valence electrons. The Hall–Kier alpha value is -0.380. The van der Waals surface area contributed by atoms with E-state index in [-0.39, 0.29) is 6.10 Å². The van der Waals surface area contributed by atoms with Crippen LogP contribution in [0.1, 0.15) is 18.1 Å². The highest BCUT2D eigenvalue weighted by atomic mass is 79.9. The van der Waals surface area contributed by atoms with Crippen LogP contribution in [0, 0.1) is 0 Å². The van der Waals surface area contributed by atoms with Crippen LogP contribution < -0.4 is 5.32 Å². The molecule has 0 radical (unpaired) electrons. The second-order valence-corrected chi connectivity index (χ2v) is 3.88. The molecule has 3 heteroatoms. The first-order valence-corrected chi connectivity index (χ1v) is 5.11. The van der Waals surface area contributed by atoms with Crippen LogP contribution in [0.5, 0.6) is 0 Å². The molecule has 0 saturated carbocycles. The van der Waals surface area contributed by atoms with Gasteiger partial charge in [-0.05, 0) is 37.7 Å². The van der Waals surface area contributed by atoms with Crippen LogP contribution in [0.15, 0.2) is 28.7 Å². The van der Waals surface area contributed by atoms with Crippen LogP contribution in [-0.4, -0.2) is 18.7 Å². The third-order valence-corrected chi connectivity index (χ3v) is 2.45. The van der Waals surface area contributed by atoms with Gasteiger partial charge in [0.1, 0.15) is 0 Å². The summed E-state index contributed by atoms with van der Waals surface area (Å²) < 4.78 is 1.04. The van der Waals surface area contributed by atoms with Crippen molar-refractivity contribution < 1.29 is 5.11 Å². The van der Waals surface area contributed by atoms with E-state index in [0.29, 0.717) is 0 Å². The van der Waals surface area contributed by atoms with Gasteiger partial charge in [-0.2, -0.15) is 0 Å².